The lowest BCUT2D eigenvalue weighted by Crippen LogP contribution is -2.50. The van der Waals surface area contributed by atoms with Crippen LogP contribution in [0.25, 0.3) is 0 Å². The van der Waals surface area contributed by atoms with Gasteiger partial charge in [0, 0.05) is 12.1 Å². The van der Waals surface area contributed by atoms with Crippen LogP contribution in [0.2, 0.25) is 0 Å². The van der Waals surface area contributed by atoms with E-state index in [-0.39, 0.29) is 5.97 Å². The molecular formula is C14H26N2O2. The lowest BCUT2D eigenvalue weighted by atomic mass is 9.97. The molecular weight excluding hydrogens is 228 g/mol. The van der Waals surface area contributed by atoms with Gasteiger partial charge in [-0.05, 0) is 52.6 Å². The quantitative estimate of drug-likeness (QED) is 0.730. The first-order valence-electron chi connectivity index (χ1n) is 7.28. The minimum absolute atomic E-state index is 0.0677. The highest BCUT2D eigenvalue weighted by Crippen LogP contribution is 2.38. The first-order valence-corrected chi connectivity index (χ1v) is 7.28. The summed E-state index contributed by atoms with van der Waals surface area (Å²) in [7, 11) is 1.88. The third-order valence-electron chi connectivity index (χ3n) is 4.48. The van der Waals surface area contributed by atoms with Gasteiger partial charge < -0.3 is 10.1 Å². The normalized spacial score (nSPS) is 31.9. The Morgan fingerprint density at radius 2 is 2.06 bits per heavy atom. The Kier molecular flexibility index (Phi) is 4.28. The number of esters is 1. The molecule has 2 atom stereocenters. The van der Waals surface area contributed by atoms with Gasteiger partial charge in [-0.1, -0.05) is 6.92 Å². The molecule has 2 saturated carbocycles. The highest BCUT2D eigenvalue weighted by Gasteiger charge is 2.48. The van der Waals surface area contributed by atoms with Crippen LogP contribution >= 0.6 is 0 Å². The topological polar surface area (TPSA) is 41.6 Å². The largest absolute Gasteiger partial charge is 0.465 e. The van der Waals surface area contributed by atoms with Crippen molar-refractivity contribution in [1.82, 2.24) is 10.2 Å². The average molecular weight is 254 g/mol. The maximum atomic E-state index is 12.1. The molecule has 2 unspecified atom stereocenters. The number of nitrogens with one attached hydrogen (secondary N) is 1. The van der Waals surface area contributed by atoms with Crippen molar-refractivity contribution in [1.29, 1.82) is 0 Å². The molecule has 18 heavy (non-hydrogen) atoms. The van der Waals surface area contributed by atoms with Crippen LogP contribution in [0.5, 0.6) is 0 Å². The molecule has 0 heterocycles. The van der Waals surface area contributed by atoms with Gasteiger partial charge in [0.1, 0.15) is 5.54 Å². The second kappa shape index (κ2) is 5.57. The summed E-state index contributed by atoms with van der Waals surface area (Å²) in [4.78, 5) is 14.7. The molecule has 0 aromatic rings. The zero-order valence-electron chi connectivity index (χ0n) is 11.9. The lowest BCUT2D eigenvalue weighted by molar-refractivity contribution is -0.151. The summed E-state index contributed by atoms with van der Waals surface area (Å²) < 4.78 is 5.24. The summed E-state index contributed by atoms with van der Waals surface area (Å²) in [5.41, 5.74) is -0.441. The van der Waals surface area contributed by atoms with Gasteiger partial charge in [-0.15, -0.1) is 0 Å². The van der Waals surface area contributed by atoms with E-state index in [9.17, 15) is 4.79 Å². The number of rotatable bonds is 6. The Morgan fingerprint density at radius 1 is 1.33 bits per heavy atom. The third-order valence-corrected chi connectivity index (χ3v) is 4.48. The smallest absolute Gasteiger partial charge is 0.326 e. The monoisotopic (exact) mass is 254 g/mol. The first kappa shape index (κ1) is 13.8. The maximum Gasteiger partial charge on any atom is 0.326 e. The number of ether oxygens (including phenoxy) is 1. The predicted molar refractivity (Wildman–Crippen MR) is 71.5 cm³/mol. The number of hydrogen-bond donors (Lipinski definition) is 1. The summed E-state index contributed by atoms with van der Waals surface area (Å²) in [6, 6.07) is 1.31. The zero-order valence-corrected chi connectivity index (χ0v) is 11.9. The number of carbonyl (C=O) groups is 1. The zero-order chi connectivity index (χ0) is 13.2. The van der Waals surface area contributed by atoms with Crippen molar-refractivity contribution in [2.24, 2.45) is 0 Å². The third kappa shape index (κ3) is 2.54. The molecule has 0 saturated heterocycles. The van der Waals surface area contributed by atoms with E-state index in [4.69, 9.17) is 4.74 Å². The van der Waals surface area contributed by atoms with Crippen molar-refractivity contribution in [3.63, 3.8) is 0 Å². The number of nitrogens with zero attached hydrogens (tertiary/aromatic N) is 1. The van der Waals surface area contributed by atoms with Crippen LogP contribution in [0.1, 0.15) is 46.0 Å². The van der Waals surface area contributed by atoms with E-state index in [0.29, 0.717) is 12.6 Å². The molecule has 2 aliphatic carbocycles. The fourth-order valence-corrected chi connectivity index (χ4v) is 3.31. The molecule has 0 spiro atoms. The van der Waals surface area contributed by atoms with Gasteiger partial charge in [0.05, 0.1) is 6.61 Å². The van der Waals surface area contributed by atoms with Crippen LogP contribution in [-0.4, -0.2) is 48.7 Å². The number of likely N-dealkylation sites (N-methyl/N-ethyl adjacent to an activating group) is 1. The van der Waals surface area contributed by atoms with Gasteiger partial charge in [-0.3, -0.25) is 9.69 Å². The second-order valence-corrected chi connectivity index (χ2v) is 5.51. The molecule has 0 amide bonds. The van der Waals surface area contributed by atoms with E-state index < -0.39 is 5.54 Å². The minimum atomic E-state index is -0.441. The van der Waals surface area contributed by atoms with E-state index in [1.165, 1.54) is 12.8 Å². The molecule has 0 bridgehead atoms. The molecule has 4 nitrogen and oxygen atoms in total. The Labute approximate surface area is 110 Å². The fourth-order valence-electron chi connectivity index (χ4n) is 3.31. The molecule has 2 fully saturated rings. The average Bonchev–Trinajstić information content (AvgIpc) is 3.10. The second-order valence-electron chi connectivity index (χ2n) is 5.51. The van der Waals surface area contributed by atoms with E-state index in [2.05, 4.69) is 17.1 Å². The van der Waals surface area contributed by atoms with Crippen molar-refractivity contribution >= 4 is 5.97 Å². The molecule has 4 heteroatoms. The van der Waals surface area contributed by atoms with Crippen molar-refractivity contribution in [3.05, 3.63) is 0 Å². The highest BCUT2D eigenvalue weighted by atomic mass is 16.5. The Balaban J connectivity index is 2.01. The van der Waals surface area contributed by atoms with E-state index in [1.54, 1.807) is 0 Å². The van der Waals surface area contributed by atoms with Gasteiger partial charge in [0.15, 0.2) is 0 Å². The standard InChI is InChI=1S/C14H26N2O2/c1-4-16(11-6-7-11)12-8-9-14(10-12,15-3)13(17)18-5-2/h11-12,15H,4-10H2,1-3H3. The van der Waals surface area contributed by atoms with Crippen LogP contribution in [0, 0.1) is 0 Å². The van der Waals surface area contributed by atoms with Crippen LogP contribution < -0.4 is 5.32 Å². The lowest BCUT2D eigenvalue weighted by Gasteiger charge is -2.30. The molecule has 0 radical (unpaired) electrons. The Morgan fingerprint density at radius 3 is 2.56 bits per heavy atom. The van der Waals surface area contributed by atoms with Crippen molar-refractivity contribution < 1.29 is 9.53 Å². The van der Waals surface area contributed by atoms with Crippen LogP contribution in [-0.2, 0) is 9.53 Å². The minimum Gasteiger partial charge on any atom is -0.465 e. The molecule has 0 aliphatic heterocycles. The Bertz CT molecular complexity index is 304. The molecule has 104 valence electrons. The van der Waals surface area contributed by atoms with Crippen LogP contribution in [0.3, 0.4) is 0 Å². The molecule has 2 rings (SSSR count). The summed E-state index contributed by atoms with van der Waals surface area (Å²) in [5, 5.41) is 3.23. The first-order chi connectivity index (χ1) is 8.66. The highest BCUT2D eigenvalue weighted by molar-refractivity contribution is 5.81. The Hall–Kier alpha value is -0.610. The van der Waals surface area contributed by atoms with Crippen molar-refractivity contribution in [3.8, 4) is 0 Å². The van der Waals surface area contributed by atoms with Gasteiger partial charge in [-0.25, -0.2) is 0 Å². The summed E-state index contributed by atoms with van der Waals surface area (Å²) >= 11 is 0. The van der Waals surface area contributed by atoms with Crippen molar-refractivity contribution in [2.45, 2.75) is 63.6 Å². The van der Waals surface area contributed by atoms with E-state index >= 15 is 0 Å². The van der Waals surface area contributed by atoms with Gasteiger partial charge in [0.25, 0.3) is 0 Å². The van der Waals surface area contributed by atoms with Gasteiger partial charge in [0.2, 0.25) is 0 Å². The van der Waals surface area contributed by atoms with E-state index in [1.807, 2.05) is 14.0 Å². The van der Waals surface area contributed by atoms with E-state index in [0.717, 1.165) is 31.8 Å². The number of carbonyl (C=O) groups excluding carboxylic acids is 1. The van der Waals surface area contributed by atoms with Crippen LogP contribution in [0.4, 0.5) is 0 Å². The molecule has 0 aromatic heterocycles. The molecule has 1 N–H and O–H groups in total. The van der Waals surface area contributed by atoms with Crippen LogP contribution in [0.15, 0.2) is 0 Å². The molecule has 2 aliphatic rings. The molecule has 0 aromatic carbocycles. The predicted octanol–water partition coefficient (Wildman–Crippen LogP) is 1.54. The SMILES string of the molecule is CCOC(=O)C1(NC)CCC(N(CC)C2CC2)C1. The number of hydrogen-bond acceptors (Lipinski definition) is 4. The van der Waals surface area contributed by atoms with Gasteiger partial charge in [-0.2, -0.15) is 0 Å². The van der Waals surface area contributed by atoms with Gasteiger partial charge >= 0.3 is 5.97 Å². The fraction of sp³-hybridized carbons (Fsp3) is 0.929. The maximum absolute atomic E-state index is 12.1. The summed E-state index contributed by atoms with van der Waals surface area (Å²) in [6.45, 7) is 5.66. The summed E-state index contributed by atoms with van der Waals surface area (Å²) in [5.74, 6) is -0.0677. The summed E-state index contributed by atoms with van der Waals surface area (Å²) in [6.07, 6.45) is 5.56. The van der Waals surface area contributed by atoms with Crippen molar-refractivity contribution in [2.75, 3.05) is 20.2 Å².